The van der Waals surface area contributed by atoms with Gasteiger partial charge in [0.15, 0.2) is 0 Å². The third-order valence-electron chi connectivity index (χ3n) is 3.85. The fourth-order valence-corrected chi connectivity index (χ4v) is 2.67. The third kappa shape index (κ3) is 3.80. The van der Waals surface area contributed by atoms with Crippen molar-refractivity contribution in [3.63, 3.8) is 0 Å². The Kier molecular flexibility index (Phi) is 5.32. The molecule has 5 nitrogen and oxygen atoms in total. The molecule has 1 heterocycles. The molecule has 0 unspecified atom stereocenters. The molecule has 1 aromatic rings. The van der Waals surface area contributed by atoms with Crippen LogP contribution in [0.15, 0.2) is 18.2 Å². The van der Waals surface area contributed by atoms with Gasteiger partial charge in [-0.2, -0.15) is 0 Å². The predicted octanol–water partition coefficient (Wildman–Crippen LogP) is 3.00. The molecule has 1 saturated heterocycles. The molecular weight excluding hydrogens is 315 g/mol. The van der Waals surface area contributed by atoms with Gasteiger partial charge in [0, 0.05) is 25.2 Å². The third-order valence-corrected chi connectivity index (χ3v) is 4.42. The van der Waals surface area contributed by atoms with Crippen LogP contribution in [-0.2, 0) is 4.74 Å². The number of likely N-dealkylation sites (tertiary alicyclic amines) is 1. The second kappa shape index (κ2) is 6.83. The van der Waals surface area contributed by atoms with Gasteiger partial charge in [0.2, 0.25) is 0 Å². The van der Waals surface area contributed by atoms with E-state index in [-0.39, 0.29) is 12.6 Å². The van der Waals surface area contributed by atoms with Crippen LogP contribution in [0, 0.1) is 0 Å². The van der Waals surface area contributed by atoms with E-state index < -0.39 is 5.60 Å². The number of hydrogen-bond donors (Lipinski definition) is 2. The number of halogens is 2. The molecule has 0 radical (unpaired) electrons. The van der Waals surface area contributed by atoms with Crippen LogP contribution in [0.2, 0.25) is 10.0 Å². The molecule has 0 spiro atoms. The van der Waals surface area contributed by atoms with Gasteiger partial charge in [0.1, 0.15) is 0 Å². The lowest BCUT2D eigenvalue weighted by atomic mass is 9.92. The topological polar surface area (TPSA) is 61.8 Å². The molecule has 1 aliphatic heterocycles. The van der Waals surface area contributed by atoms with Crippen LogP contribution in [0.3, 0.4) is 0 Å². The number of nitrogens with one attached hydrogen (secondary N) is 1. The summed E-state index contributed by atoms with van der Waals surface area (Å²) in [6.07, 6.45) is 1.19. The predicted molar refractivity (Wildman–Crippen MR) is 83.1 cm³/mol. The Morgan fingerprint density at radius 1 is 1.43 bits per heavy atom. The van der Waals surface area contributed by atoms with E-state index in [2.05, 4.69) is 5.32 Å². The molecule has 1 fully saturated rings. The smallest absolute Gasteiger partial charge is 0.321 e. The van der Waals surface area contributed by atoms with Crippen LogP contribution in [0.25, 0.3) is 0 Å². The Bertz CT molecular complexity index is 511. The average Bonchev–Trinajstić information content (AvgIpc) is 2.51. The van der Waals surface area contributed by atoms with Crippen LogP contribution in [0.1, 0.15) is 12.8 Å². The molecule has 0 bridgehead atoms. The summed E-state index contributed by atoms with van der Waals surface area (Å²) in [5, 5.41) is 13.1. The van der Waals surface area contributed by atoms with Crippen LogP contribution in [0.4, 0.5) is 10.5 Å². The minimum Gasteiger partial charge on any atom is -0.393 e. The Labute approximate surface area is 133 Å². The Morgan fingerprint density at radius 2 is 2.10 bits per heavy atom. The first-order valence-corrected chi connectivity index (χ1v) is 7.42. The highest BCUT2D eigenvalue weighted by Crippen LogP contribution is 2.28. The van der Waals surface area contributed by atoms with E-state index >= 15 is 0 Å². The molecule has 0 atom stereocenters. The Balaban J connectivity index is 1.98. The van der Waals surface area contributed by atoms with Gasteiger partial charge in [-0.3, -0.25) is 0 Å². The normalized spacial score (nSPS) is 17.6. The molecular formula is C14H18Cl2N2O3. The van der Waals surface area contributed by atoms with Crippen molar-refractivity contribution >= 4 is 34.9 Å². The first kappa shape index (κ1) is 16.4. The molecule has 2 N–H and O–H groups in total. The molecule has 2 amide bonds. The summed E-state index contributed by atoms with van der Waals surface area (Å²) in [5.74, 6) is 0. The second-order valence-electron chi connectivity index (χ2n) is 5.09. The zero-order valence-electron chi connectivity index (χ0n) is 11.7. The van der Waals surface area contributed by atoms with Crippen molar-refractivity contribution in [2.24, 2.45) is 0 Å². The highest BCUT2D eigenvalue weighted by Gasteiger charge is 2.35. The summed E-state index contributed by atoms with van der Waals surface area (Å²) < 4.78 is 5.36. The molecule has 21 heavy (non-hydrogen) atoms. The largest absolute Gasteiger partial charge is 0.393 e. The van der Waals surface area contributed by atoms with E-state index in [4.69, 9.17) is 27.9 Å². The lowest BCUT2D eigenvalue weighted by molar-refractivity contribution is -0.0830. The average molecular weight is 333 g/mol. The van der Waals surface area contributed by atoms with Crippen molar-refractivity contribution in [2.75, 3.05) is 32.1 Å². The minimum absolute atomic E-state index is 0.0426. The number of rotatable bonds is 3. The van der Waals surface area contributed by atoms with Crippen LogP contribution in [-0.4, -0.2) is 48.4 Å². The molecule has 116 valence electrons. The number of benzene rings is 1. The van der Waals surface area contributed by atoms with Crippen molar-refractivity contribution in [3.8, 4) is 0 Å². The van der Waals surface area contributed by atoms with Crippen molar-refractivity contribution in [1.82, 2.24) is 4.90 Å². The number of piperidine rings is 1. The molecule has 7 heteroatoms. The number of aliphatic hydroxyl groups excluding tert-OH is 1. The number of anilines is 1. The standard InChI is InChI=1S/C14H18Cl2N2O3/c1-21-14(9-19)4-6-18(7-5-14)13(20)17-12-8-10(15)2-3-11(12)16/h2-3,8,19H,4-7,9H2,1H3,(H,17,20). The van der Waals surface area contributed by atoms with Gasteiger partial charge in [-0.15, -0.1) is 0 Å². The quantitative estimate of drug-likeness (QED) is 0.894. The van der Waals surface area contributed by atoms with Crippen molar-refractivity contribution in [3.05, 3.63) is 28.2 Å². The monoisotopic (exact) mass is 332 g/mol. The summed E-state index contributed by atoms with van der Waals surface area (Å²) in [6.45, 7) is 0.982. The maximum atomic E-state index is 12.2. The lowest BCUT2D eigenvalue weighted by Crippen LogP contribution is -2.50. The number of urea groups is 1. The SMILES string of the molecule is COC1(CO)CCN(C(=O)Nc2cc(Cl)ccc2Cl)CC1. The van der Waals surface area contributed by atoms with E-state index in [1.807, 2.05) is 0 Å². The van der Waals surface area contributed by atoms with Gasteiger partial charge < -0.3 is 20.1 Å². The number of ether oxygens (including phenoxy) is 1. The molecule has 0 saturated carbocycles. The summed E-state index contributed by atoms with van der Waals surface area (Å²) in [7, 11) is 1.58. The maximum absolute atomic E-state index is 12.2. The number of hydrogen-bond acceptors (Lipinski definition) is 3. The van der Waals surface area contributed by atoms with Crippen molar-refractivity contribution in [1.29, 1.82) is 0 Å². The van der Waals surface area contributed by atoms with E-state index in [1.165, 1.54) is 0 Å². The maximum Gasteiger partial charge on any atom is 0.321 e. The van der Waals surface area contributed by atoms with E-state index in [0.717, 1.165) is 0 Å². The zero-order chi connectivity index (χ0) is 15.5. The number of nitrogens with zero attached hydrogens (tertiary/aromatic N) is 1. The van der Waals surface area contributed by atoms with E-state index in [0.29, 0.717) is 41.7 Å². The Hall–Kier alpha value is -1.01. The summed E-state index contributed by atoms with van der Waals surface area (Å²) in [6, 6.07) is 4.67. The zero-order valence-corrected chi connectivity index (χ0v) is 13.2. The molecule has 2 rings (SSSR count). The summed E-state index contributed by atoms with van der Waals surface area (Å²) in [4.78, 5) is 13.9. The molecule has 1 aromatic carbocycles. The van der Waals surface area contributed by atoms with Crippen LogP contribution >= 0.6 is 23.2 Å². The lowest BCUT2D eigenvalue weighted by Gasteiger charge is -2.39. The Morgan fingerprint density at radius 3 is 2.67 bits per heavy atom. The molecule has 0 aromatic heterocycles. The fraction of sp³-hybridized carbons (Fsp3) is 0.500. The van der Waals surface area contributed by atoms with Gasteiger partial charge in [0.05, 0.1) is 22.9 Å². The van der Waals surface area contributed by atoms with Gasteiger partial charge in [-0.05, 0) is 31.0 Å². The van der Waals surface area contributed by atoms with E-state index in [1.54, 1.807) is 30.2 Å². The highest BCUT2D eigenvalue weighted by molar-refractivity contribution is 6.35. The van der Waals surface area contributed by atoms with Crippen LogP contribution in [0.5, 0.6) is 0 Å². The van der Waals surface area contributed by atoms with Gasteiger partial charge in [0.25, 0.3) is 0 Å². The van der Waals surface area contributed by atoms with Gasteiger partial charge in [-0.25, -0.2) is 4.79 Å². The fourth-order valence-electron chi connectivity index (χ4n) is 2.33. The second-order valence-corrected chi connectivity index (χ2v) is 5.93. The number of aliphatic hydroxyl groups is 1. The first-order valence-electron chi connectivity index (χ1n) is 6.67. The first-order chi connectivity index (χ1) is 9.99. The van der Waals surface area contributed by atoms with Gasteiger partial charge in [-0.1, -0.05) is 23.2 Å². The summed E-state index contributed by atoms with van der Waals surface area (Å²) >= 11 is 11.9. The highest BCUT2D eigenvalue weighted by atomic mass is 35.5. The summed E-state index contributed by atoms with van der Waals surface area (Å²) in [5.41, 5.74) is -0.0512. The number of carbonyl (C=O) groups is 1. The van der Waals surface area contributed by atoms with Crippen molar-refractivity contribution < 1.29 is 14.6 Å². The molecule has 0 aliphatic carbocycles. The van der Waals surface area contributed by atoms with Gasteiger partial charge >= 0.3 is 6.03 Å². The van der Waals surface area contributed by atoms with Crippen molar-refractivity contribution in [2.45, 2.75) is 18.4 Å². The van der Waals surface area contributed by atoms with E-state index in [9.17, 15) is 9.90 Å². The minimum atomic E-state index is -0.537. The number of methoxy groups -OCH3 is 1. The van der Waals surface area contributed by atoms with Crippen LogP contribution < -0.4 is 5.32 Å². The number of amides is 2. The number of carbonyl (C=O) groups excluding carboxylic acids is 1. The molecule has 1 aliphatic rings.